The minimum Gasteiger partial charge on any atom is -0.348 e. The van der Waals surface area contributed by atoms with E-state index >= 15 is 0 Å². The molecule has 1 atom stereocenters. The SMILES string of the molecule is CCn1c2ccccc2c2cc(NC(=O)C3CCc4[nH]cnc4C3)ccc21. The summed E-state index contributed by atoms with van der Waals surface area (Å²) in [4.78, 5) is 20.3. The molecule has 5 nitrogen and oxygen atoms in total. The molecule has 1 unspecified atom stereocenters. The summed E-state index contributed by atoms with van der Waals surface area (Å²) in [5.74, 6) is 0.0655. The zero-order chi connectivity index (χ0) is 18.4. The van der Waals surface area contributed by atoms with Gasteiger partial charge in [0.25, 0.3) is 0 Å². The first-order valence-corrected chi connectivity index (χ1v) is 9.57. The highest BCUT2D eigenvalue weighted by atomic mass is 16.1. The van der Waals surface area contributed by atoms with Gasteiger partial charge < -0.3 is 14.9 Å². The van der Waals surface area contributed by atoms with Crippen LogP contribution in [0.4, 0.5) is 5.69 Å². The Bertz CT molecular complexity index is 1150. The molecule has 136 valence electrons. The van der Waals surface area contributed by atoms with Gasteiger partial charge in [-0.25, -0.2) is 4.98 Å². The molecular formula is C22H22N4O. The van der Waals surface area contributed by atoms with E-state index in [-0.39, 0.29) is 11.8 Å². The van der Waals surface area contributed by atoms with Crippen LogP contribution in [0, 0.1) is 5.92 Å². The van der Waals surface area contributed by atoms with Crippen LogP contribution in [-0.2, 0) is 24.2 Å². The standard InChI is InChI=1S/C22H22N4O/c1-2-26-20-6-4-3-5-16(20)17-12-15(8-10-21(17)26)25-22(27)14-7-9-18-19(11-14)24-13-23-18/h3-6,8,10,12-14H,2,7,9,11H2,1H3,(H,23,24)(H,25,27). The zero-order valence-electron chi connectivity index (χ0n) is 15.3. The van der Waals surface area contributed by atoms with E-state index < -0.39 is 0 Å². The fraction of sp³-hybridized carbons (Fsp3) is 0.273. The number of hydrogen-bond donors (Lipinski definition) is 2. The molecule has 0 saturated carbocycles. The number of aryl methyl sites for hydroxylation is 2. The van der Waals surface area contributed by atoms with E-state index in [0.29, 0.717) is 6.42 Å². The molecule has 0 aliphatic heterocycles. The molecule has 27 heavy (non-hydrogen) atoms. The number of aromatic amines is 1. The van der Waals surface area contributed by atoms with Crippen molar-refractivity contribution in [3.63, 3.8) is 0 Å². The van der Waals surface area contributed by atoms with Crippen molar-refractivity contribution in [1.29, 1.82) is 0 Å². The van der Waals surface area contributed by atoms with Crippen LogP contribution in [0.25, 0.3) is 21.8 Å². The van der Waals surface area contributed by atoms with Crippen LogP contribution in [0.1, 0.15) is 24.7 Å². The second-order valence-electron chi connectivity index (χ2n) is 7.25. The Hall–Kier alpha value is -3.08. The lowest BCUT2D eigenvalue weighted by molar-refractivity contribution is -0.120. The van der Waals surface area contributed by atoms with Crippen molar-refractivity contribution < 1.29 is 4.79 Å². The van der Waals surface area contributed by atoms with Crippen molar-refractivity contribution in [2.75, 3.05) is 5.32 Å². The van der Waals surface area contributed by atoms with Gasteiger partial charge in [-0.05, 0) is 44.0 Å². The molecule has 1 aliphatic carbocycles. The number of rotatable bonds is 3. The molecule has 0 spiro atoms. The molecule has 0 bridgehead atoms. The van der Waals surface area contributed by atoms with Gasteiger partial charge in [-0.3, -0.25) is 4.79 Å². The summed E-state index contributed by atoms with van der Waals surface area (Å²) in [6, 6.07) is 14.7. The normalized spacial score (nSPS) is 16.6. The lowest BCUT2D eigenvalue weighted by Gasteiger charge is -2.20. The molecular weight excluding hydrogens is 336 g/mol. The Labute approximate surface area is 157 Å². The van der Waals surface area contributed by atoms with E-state index in [9.17, 15) is 4.79 Å². The molecule has 4 aromatic rings. The van der Waals surface area contributed by atoms with Gasteiger partial charge >= 0.3 is 0 Å². The lowest BCUT2D eigenvalue weighted by atomic mass is 9.89. The largest absolute Gasteiger partial charge is 0.348 e. The monoisotopic (exact) mass is 358 g/mol. The van der Waals surface area contributed by atoms with Gasteiger partial charge in [0.05, 0.1) is 12.0 Å². The maximum atomic E-state index is 12.8. The third kappa shape index (κ3) is 2.62. The van der Waals surface area contributed by atoms with E-state index in [1.54, 1.807) is 6.33 Å². The Morgan fingerprint density at radius 3 is 2.96 bits per heavy atom. The van der Waals surface area contributed by atoms with E-state index in [4.69, 9.17) is 0 Å². The van der Waals surface area contributed by atoms with Gasteiger partial charge in [0.2, 0.25) is 5.91 Å². The second-order valence-corrected chi connectivity index (χ2v) is 7.25. The number of hydrogen-bond acceptors (Lipinski definition) is 2. The number of anilines is 1. The molecule has 0 fully saturated rings. The van der Waals surface area contributed by atoms with Crippen molar-refractivity contribution in [3.05, 3.63) is 60.2 Å². The predicted octanol–water partition coefficient (Wildman–Crippen LogP) is 4.28. The Kier molecular flexibility index (Phi) is 3.74. The van der Waals surface area contributed by atoms with Crippen LogP contribution in [0.3, 0.4) is 0 Å². The predicted molar refractivity (Wildman–Crippen MR) is 108 cm³/mol. The van der Waals surface area contributed by atoms with Crippen LogP contribution < -0.4 is 5.32 Å². The average molecular weight is 358 g/mol. The molecule has 5 heteroatoms. The number of imidazole rings is 1. The highest BCUT2D eigenvalue weighted by Crippen LogP contribution is 2.31. The van der Waals surface area contributed by atoms with Crippen LogP contribution >= 0.6 is 0 Å². The van der Waals surface area contributed by atoms with Crippen molar-refractivity contribution >= 4 is 33.4 Å². The van der Waals surface area contributed by atoms with Crippen LogP contribution in [0.15, 0.2) is 48.8 Å². The molecule has 1 aliphatic rings. The van der Waals surface area contributed by atoms with Crippen LogP contribution in [-0.4, -0.2) is 20.4 Å². The summed E-state index contributed by atoms with van der Waals surface area (Å²) in [5, 5.41) is 5.54. The van der Waals surface area contributed by atoms with Gasteiger partial charge in [-0.1, -0.05) is 18.2 Å². The number of para-hydroxylation sites is 1. The Morgan fingerprint density at radius 2 is 2.07 bits per heavy atom. The summed E-state index contributed by atoms with van der Waals surface area (Å²) >= 11 is 0. The molecule has 5 rings (SSSR count). The number of aromatic nitrogens is 3. The van der Waals surface area contributed by atoms with Gasteiger partial charge in [0.15, 0.2) is 0 Å². The van der Waals surface area contributed by atoms with E-state index in [0.717, 1.165) is 30.8 Å². The third-order valence-electron chi connectivity index (χ3n) is 5.72. The molecule has 2 aromatic carbocycles. The molecule has 0 radical (unpaired) electrons. The number of amides is 1. The number of H-pyrrole nitrogens is 1. The van der Waals surface area contributed by atoms with Gasteiger partial charge in [0.1, 0.15) is 0 Å². The van der Waals surface area contributed by atoms with Gasteiger partial charge in [0, 0.05) is 52.1 Å². The minimum atomic E-state index is -0.0199. The fourth-order valence-electron chi connectivity index (χ4n) is 4.34. The quantitative estimate of drug-likeness (QED) is 0.574. The van der Waals surface area contributed by atoms with Crippen LogP contribution in [0.2, 0.25) is 0 Å². The van der Waals surface area contributed by atoms with Crippen LogP contribution in [0.5, 0.6) is 0 Å². The summed E-state index contributed by atoms with van der Waals surface area (Å²) < 4.78 is 2.32. The number of nitrogens with zero attached hydrogens (tertiary/aromatic N) is 2. The number of benzene rings is 2. The maximum Gasteiger partial charge on any atom is 0.227 e. The Balaban J connectivity index is 1.46. The average Bonchev–Trinajstić information content (AvgIpc) is 3.29. The van der Waals surface area contributed by atoms with Crippen molar-refractivity contribution in [1.82, 2.24) is 14.5 Å². The Morgan fingerprint density at radius 1 is 1.22 bits per heavy atom. The number of carbonyl (C=O) groups excluding carboxylic acids is 1. The highest BCUT2D eigenvalue weighted by Gasteiger charge is 2.26. The number of carbonyl (C=O) groups is 1. The van der Waals surface area contributed by atoms with Gasteiger partial charge in [-0.2, -0.15) is 0 Å². The molecule has 2 N–H and O–H groups in total. The topological polar surface area (TPSA) is 62.7 Å². The maximum absolute atomic E-state index is 12.8. The third-order valence-corrected chi connectivity index (χ3v) is 5.72. The fourth-order valence-corrected chi connectivity index (χ4v) is 4.34. The first kappa shape index (κ1) is 16.1. The first-order chi connectivity index (χ1) is 13.2. The van der Waals surface area contributed by atoms with Crippen molar-refractivity contribution in [2.24, 2.45) is 5.92 Å². The number of fused-ring (bicyclic) bond motifs is 4. The van der Waals surface area contributed by atoms with Gasteiger partial charge in [-0.15, -0.1) is 0 Å². The smallest absolute Gasteiger partial charge is 0.227 e. The van der Waals surface area contributed by atoms with E-state index in [2.05, 4.69) is 63.2 Å². The summed E-state index contributed by atoms with van der Waals surface area (Å²) in [5.41, 5.74) is 5.50. The summed E-state index contributed by atoms with van der Waals surface area (Å²) in [6.45, 7) is 3.08. The molecule has 1 amide bonds. The van der Waals surface area contributed by atoms with E-state index in [1.165, 1.54) is 27.5 Å². The van der Waals surface area contributed by atoms with Crippen molar-refractivity contribution in [2.45, 2.75) is 32.7 Å². The molecule has 2 heterocycles. The highest BCUT2D eigenvalue weighted by molar-refractivity contribution is 6.09. The zero-order valence-corrected chi connectivity index (χ0v) is 15.3. The molecule has 0 saturated heterocycles. The number of nitrogens with one attached hydrogen (secondary N) is 2. The lowest BCUT2D eigenvalue weighted by Crippen LogP contribution is -2.28. The first-order valence-electron chi connectivity index (χ1n) is 9.57. The van der Waals surface area contributed by atoms with Crippen molar-refractivity contribution in [3.8, 4) is 0 Å². The summed E-state index contributed by atoms with van der Waals surface area (Å²) in [7, 11) is 0. The minimum absolute atomic E-state index is 0.0199. The summed E-state index contributed by atoms with van der Waals surface area (Å²) in [6.07, 6.45) is 4.18. The molecule has 2 aromatic heterocycles. The van der Waals surface area contributed by atoms with E-state index in [1.807, 2.05) is 6.07 Å². The second kappa shape index (κ2) is 6.27.